The number of alkyl halides is 12. The molecule has 0 saturated carbocycles. The second kappa shape index (κ2) is 45.1. The normalized spacial score (nSPS) is 11.3. The lowest BCUT2D eigenvalue weighted by molar-refractivity contribution is -0.142. The van der Waals surface area contributed by atoms with Gasteiger partial charge in [-0.15, -0.1) is 0 Å². The number of hydrogen-bond acceptors (Lipinski definition) is 17. The van der Waals surface area contributed by atoms with E-state index in [2.05, 4.69) is 71.4 Å². The highest BCUT2D eigenvalue weighted by Crippen LogP contribution is 2.39. The second-order valence-electron chi connectivity index (χ2n) is 29.9. The first-order chi connectivity index (χ1) is 65.3. The van der Waals surface area contributed by atoms with Crippen LogP contribution in [0, 0.1) is 41.5 Å². The molecule has 714 valence electrons. The number of aromatic hydroxyl groups is 1. The van der Waals surface area contributed by atoms with Gasteiger partial charge in [0.15, 0.2) is 9.84 Å². The Balaban J connectivity index is 0.000000166. The first kappa shape index (κ1) is 105. The lowest BCUT2D eigenvalue weighted by Crippen LogP contribution is -2.16. The molecule has 9 heterocycles. The molecule has 0 spiro atoms. The van der Waals surface area contributed by atoms with Crippen molar-refractivity contribution in [1.82, 2.24) is 44.9 Å². The minimum Gasteiger partial charge on any atom is -0.506 e. The maximum absolute atomic E-state index is 12.7. The number of amides is 5. The predicted molar refractivity (Wildman–Crippen MR) is 510 cm³/mol. The molecule has 0 unspecified atom stereocenters. The molecule has 0 fully saturated rings. The average molecular weight is 2070 g/mol. The van der Waals surface area contributed by atoms with E-state index in [4.69, 9.17) is 81.2 Å². The molecule has 139 heavy (non-hydrogen) atoms. The Hall–Kier alpha value is -14.0. The number of aryl methyl sites for hydroxylation is 6. The number of hydrogen-bond donors (Lipinski definition) is 6. The molecule has 5 amide bonds. The Kier molecular flexibility index (Phi) is 34.2. The molecule has 15 rings (SSSR count). The van der Waals surface area contributed by atoms with Crippen molar-refractivity contribution in [2.24, 2.45) is 0 Å². The van der Waals surface area contributed by atoms with Gasteiger partial charge in [0, 0.05) is 86.7 Å². The van der Waals surface area contributed by atoms with Crippen molar-refractivity contribution in [3.8, 4) is 62.0 Å². The monoisotopic (exact) mass is 2060 g/mol. The van der Waals surface area contributed by atoms with Gasteiger partial charge in [-0.2, -0.15) is 52.7 Å². The van der Waals surface area contributed by atoms with Gasteiger partial charge in [-0.1, -0.05) is 99.4 Å². The number of halogens is 19. The zero-order chi connectivity index (χ0) is 102. The van der Waals surface area contributed by atoms with Crippen LogP contribution in [-0.4, -0.2) is 94.2 Å². The second-order valence-corrected chi connectivity index (χ2v) is 34.8. The molecule has 22 nitrogen and oxygen atoms in total. The highest BCUT2D eigenvalue weighted by atomic mass is 35.5. The zero-order valence-corrected chi connectivity index (χ0v) is 78.8. The van der Waals surface area contributed by atoms with Gasteiger partial charge in [0.1, 0.15) is 33.7 Å². The van der Waals surface area contributed by atoms with Crippen LogP contribution in [0.4, 0.5) is 81.1 Å². The van der Waals surface area contributed by atoms with E-state index in [0.717, 1.165) is 65.9 Å². The van der Waals surface area contributed by atoms with Crippen molar-refractivity contribution in [1.29, 1.82) is 0 Å². The van der Waals surface area contributed by atoms with Crippen molar-refractivity contribution in [2.75, 3.05) is 32.8 Å². The first-order valence-corrected chi connectivity index (χ1v) is 44.7. The van der Waals surface area contributed by atoms with Crippen molar-refractivity contribution >= 4 is 149 Å². The SMILES string of the molecule is Cc1ccc(-c2cc(NC(=O)c3ccc(C(F)(F)F)nc3C)ccc2Cl)nc1.Cc1ccc(-c2cc(NC(=O)c3ccc(S(C)(=O)=O)cc3)ccc2Cl)nc1.Cc1nc(C(F)(F)F)ccc1C(=O)Nc1ccc(Cl)c(-c2ccc(Cl)cn2)c1.Cc1nc(C(F)(F)F)ccc1C(=O)Nc1ccc(Cl)c(-c2ccc(O)cn2)c1.Cc1nc(C(F)(F)F)ccc1C(=O)Nc1ccc(Cl)c(-c2cccc(Cl)n2)c1. The van der Waals surface area contributed by atoms with Gasteiger partial charge in [0.25, 0.3) is 29.5 Å². The minimum absolute atomic E-state index is 0.00499. The van der Waals surface area contributed by atoms with E-state index in [9.17, 15) is 90.2 Å². The maximum atomic E-state index is 12.7. The number of carbonyl (C=O) groups excluding carboxylic acids is 5. The van der Waals surface area contributed by atoms with Crippen LogP contribution >= 0.6 is 81.2 Å². The molecule has 0 aliphatic carbocycles. The van der Waals surface area contributed by atoms with E-state index in [1.807, 2.05) is 38.1 Å². The molecule has 0 bridgehead atoms. The molecule has 0 radical (unpaired) electrons. The molecule has 0 saturated heterocycles. The van der Waals surface area contributed by atoms with Crippen LogP contribution in [0.5, 0.6) is 5.75 Å². The molecular weight excluding hydrogens is 2000 g/mol. The van der Waals surface area contributed by atoms with E-state index in [0.29, 0.717) is 120 Å². The highest BCUT2D eigenvalue weighted by molar-refractivity contribution is 7.90. The molecule has 0 aliphatic heterocycles. The van der Waals surface area contributed by atoms with Crippen LogP contribution in [0.25, 0.3) is 56.3 Å². The summed E-state index contributed by atoms with van der Waals surface area (Å²) in [7, 11) is -3.30. The quantitative estimate of drug-likeness (QED) is 0.0387. The summed E-state index contributed by atoms with van der Waals surface area (Å²) in [5.41, 5.74) is 6.24. The molecule has 6 N–H and O–H groups in total. The Morgan fingerprint density at radius 1 is 0.302 bits per heavy atom. The van der Waals surface area contributed by atoms with Gasteiger partial charge in [0.2, 0.25) is 0 Å². The van der Waals surface area contributed by atoms with Crippen molar-refractivity contribution in [3.63, 3.8) is 0 Å². The van der Waals surface area contributed by atoms with Crippen LogP contribution in [0.15, 0.2) is 260 Å². The van der Waals surface area contributed by atoms with E-state index in [1.54, 1.807) is 140 Å². The summed E-state index contributed by atoms with van der Waals surface area (Å²) >= 11 is 42.8. The number of rotatable bonds is 16. The highest BCUT2D eigenvalue weighted by Gasteiger charge is 2.37. The van der Waals surface area contributed by atoms with E-state index < -0.39 is 80.9 Å². The minimum atomic E-state index is -4.58. The summed E-state index contributed by atoms with van der Waals surface area (Å²) in [6.45, 7) is 9.23. The number of carbonyl (C=O) groups is 5. The van der Waals surface area contributed by atoms with Gasteiger partial charge in [0.05, 0.1) is 115 Å². The molecule has 15 aromatic rings. The lowest BCUT2D eigenvalue weighted by Gasteiger charge is -2.12. The Morgan fingerprint density at radius 2 is 0.583 bits per heavy atom. The Morgan fingerprint density at radius 3 is 0.835 bits per heavy atom. The average Bonchev–Trinajstić information content (AvgIpc) is 0.800. The summed E-state index contributed by atoms with van der Waals surface area (Å²) in [5.74, 6) is -2.70. The number of nitrogens with zero attached hydrogens (tertiary/aromatic N) is 9. The molecule has 0 aliphatic rings. The number of sulfone groups is 1. The van der Waals surface area contributed by atoms with Gasteiger partial charge in [-0.05, 0) is 265 Å². The number of benzene rings is 6. The van der Waals surface area contributed by atoms with Crippen LogP contribution < -0.4 is 26.6 Å². The van der Waals surface area contributed by atoms with E-state index in [1.165, 1.54) is 70.4 Å². The van der Waals surface area contributed by atoms with Crippen LogP contribution in [0.3, 0.4) is 0 Å². The van der Waals surface area contributed by atoms with Gasteiger partial charge in [-0.25, -0.2) is 33.3 Å². The van der Waals surface area contributed by atoms with Crippen LogP contribution in [0.2, 0.25) is 35.3 Å². The summed E-state index contributed by atoms with van der Waals surface area (Å²) < 4.78 is 176. The fourth-order valence-corrected chi connectivity index (χ4v) is 14.6. The third-order valence-electron chi connectivity index (χ3n) is 19.5. The van der Waals surface area contributed by atoms with Crippen molar-refractivity contribution in [3.05, 3.63) is 375 Å². The number of nitrogens with one attached hydrogen (secondary N) is 5. The molecule has 42 heteroatoms. The maximum Gasteiger partial charge on any atom is 0.433 e. The fourth-order valence-electron chi connectivity index (χ4n) is 12.6. The molecule has 6 aromatic carbocycles. The molecular formula is C97H69Cl7F12N14O8S. The Labute approximate surface area is 819 Å². The number of aromatic nitrogens is 9. The standard InChI is InChI=1S/C20H15ClF3N3O.C20H17ClN2O3S.2C19H12Cl2F3N3O.C19H13ClF3N3O2/c1-11-3-7-17(25-10-11)15-9-13(4-6-16(15)21)27-19(28)14-5-8-18(20(22,23)24)26-12(14)2;1-13-3-10-19(22-12-13)17-11-15(6-9-18(17)21)23-20(24)14-4-7-16(8-5-14)27(2,25)26;1-10-13(4-7-17(26-10)19(22,23)24)18(28)27-12-3-5-15(21)14(8-12)16-6-2-11(20)9-25-16;1-10-12(6-8-16(25-10)19(22,23)24)18(28)26-11-5-7-14(20)13(9-11)15-3-2-4-17(21)27-15;1-10-13(4-7-17(25-10)19(21,22)23)18(28)26-11-2-5-15(20)14(8-11)16-6-3-12(27)9-24-16/h3-10H,1-2H3,(H,27,28);3-12H,1-2H3,(H,23,24);2-9H,1H3,(H,27,28);2-9H,1H3,(H,26,28);2-9,27H,1H3,(H,26,28). The summed E-state index contributed by atoms with van der Waals surface area (Å²) in [4.78, 5) is 97.5. The zero-order valence-electron chi connectivity index (χ0n) is 72.7. The topological polar surface area (TPSA) is 316 Å². The van der Waals surface area contributed by atoms with Crippen LogP contribution in [-0.2, 0) is 34.5 Å². The predicted octanol–water partition coefficient (Wildman–Crippen LogP) is 27.2. The molecule has 9 aromatic heterocycles. The largest absolute Gasteiger partial charge is 0.506 e. The van der Waals surface area contributed by atoms with Crippen molar-refractivity contribution in [2.45, 2.75) is 71.1 Å². The van der Waals surface area contributed by atoms with Gasteiger partial charge in [-0.3, -0.25) is 43.9 Å². The first-order valence-electron chi connectivity index (χ1n) is 40.1. The smallest absolute Gasteiger partial charge is 0.433 e. The third-order valence-corrected chi connectivity index (χ3v) is 22.8. The fraction of sp³-hybridized carbons (Fsp3) is 0.113. The third kappa shape index (κ3) is 28.8. The van der Waals surface area contributed by atoms with E-state index >= 15 is 0 Å². The van der Waals surface area contributed by atoms with Gasteiger partial charge >= 0.3 is 24.7 Å². The molecule has 0 atom stereocenters. The van der Waals surface area contributed by atoms with E-state index in [-0.39, 0.29) is 66.7 Å². The van der Waals surface area contributed by atoms with Crippen molar-refractivity contribution < 1.29 is 90.2 Å². The summed E-state index contributed by atoms with van der Waals surface area (Å²) in [6.07, 6.45) is -11.0. The van der Waals surface area contributed by atoms with Gasteiger partial charge < -0.3 is 31.7 Å². The lowest BCUT2D eigenvalue weighted by atomic mass is 10.1. The number of anilines is 5. The Bertz CT molecular complexity index is 6850. The summed E-state index contributed by atoms with van der Waals surface area (Å²) in [5, 5.41) is 25.6. The van der Waals surface area contributed by atoms with Crippen LogP contribution in [0.1, 0.15) is 108 Å². The number of pyridine rings is 9. The summed E-state index contributed by atoms with van der Waals surface area (Å²) in [6, 6.07) is 56.4.